The Bertz CT molecular complexity index is 425. The van der Waals surface area contributed by atoms with Gasteiger partial charge in [0.1, 0.15) is 0 Å². The number of hydrogen-bond donors (Lipinski definition) is 2. The molecule has 1 aliphatic rings. The highest BCUT2D eigenvalue weighted by atomic mass is 79.9. The van der Waals surface area contributed by atoms with Crippen molar-refractivity contribution in [3.8, 4) is 0 Å². The van der Waals surface area contributed by atoms with Crippen molar-refractivity contribution in [1.82, 2.24) is 5.32 Å². The molecule has 3 nitrogen and oxygen atoms in total. The molecule has 1 aliphatic heterocycles. The van der Waals surface area contributed by atoms with Crippen LogP contribution in [0.2, 0.25) is 0 Å². The molecule has 0 aliphatic carbocycles. The molecule has 2 unspecified atom stereocenters. The summed E-state index contributed by atoms with van der Waals surface area (Å²) in [5.41, 5.74) is 2.54. The topological polar surface area (TPSA) is 35.5 Å². The third-order valence-corrected chi connectivity index (χ3v) is 4.37. The molecule has 1 aromatic rings. The Balaban J connectivity index is 2.19. The van der Waals surface area contributed by atoms with Crippen molar-refractivity contribution in [2.75, 3.05) is 24.5 Å². The average Bonchev–Trinajstić information content (AvgIpc) is 2.40. The second-order valence-corrected chi connectivity index (χ2v) is 6.25. The van der Waals surface area contributed by atoms with Crippen LogP contribution >= 0.6 is 15.9 Å². The van der Waals surface area contributed by atoms with Crippen molar-refractivity contribution in [2.24, 2.45) is 5.92 Å². The molecule has 2 atom stereocenters. The number of nitrogens with one attached hydrogen (secondary N) is 1. The fraction of sp³-hybridized carbons (Fsp3) is 0.600. The number of β-amino-alcohol motifs (C(OH)–C–C–N with tert-alkyl or cyclic N) is 1. The predicted molar refractivity (Wildman–Crippen MR) is 83.5 cm³/mol. The highest BCUT2D eigenvalue weighted by molar-refractivity contribution is 9.10. The summed E-state index contributed by atoms with van der Waals surface area (Å²) < 4.78 is 1.09. The van der Waals surface area contributed by atoms with Crippen molar-refractivity contribution in [1.29, 1.82) is 0 Å². The van der Waals surface area contributed by atoms with E-state index < -0.39 is 0 Å². The van der Waals surface area contributed by atoms with Gasteiger partial charge in [-0.2, -0.15) is 0 Å². The molecule has 106 valence electrons. The Kier molecular flexibility index (Phi) is 5.25. The van der Waals surface area contributed by atoms with Crippen LogP contribution in [0.4, 0.5) is 5.69 Å². The molecule has 1 saturated heterocycles. The molecule has 19 heavy (non-hydrogen) atoms. The number of halogens is 1. The summed E-state index contributed by atoms with van der Waals surface area (Å²) in [6.07, 6.45) is 0.827. The van der Waals surface area contributed by atoms with Crippen LogP contribution in [0, 0.1) is 5.92 Å². The quantitative estimate of drug-likeness (QED) is 0.893. The molecular formula is C15H23BrN2O. The minimum absolute atomic E-state index is 0.222. The zero-order valence-electron chi connectivity index (χ0n) is 11.7. The molecule has 4 heteroatoms. The van der Waals surface area contributed by atoms with E-state index in [1.807, 2.05) is 0 Å². The minimum atomic E-state index is -0.222. The number of aliphatic hydroxyl groups excluding tert-OH is 1. The van der Waals surface area contributed by atoms with Crippen LogP contribution in [0.3, 0.4) is 0 Å². The van der Waals surface area contributed by atoms with Gasteiger partial charge in [-0.15, -0.1) is 0 Å². The number of anilines is 1. The smallest absolute Gasteiger partial charge is 0.0741 e. The minimum Gasteiger partial charge on any atom is -0.391 e. The number of nitrogens with zero attached hydrogens (tertiary/aromatic N) is 1. The van der Waals surface area contributed by atoms with Gasteiger partial charge in [0.25, 0.3) is 0 Å². The SMILES string of the molecule is CCNCc1ccc(Br)cc1N1CCC(C)C(O)C1. The van der Waals surface area contributed by atoms with E-state index in [0.29, 0.717) is 5.92 Å². The molecule has 2 N–H and O–H groups in total. The second kappa shape index (κ2) is 6.73. The lowest BCUT2D eigenvalue weighted by Gasteiger charge is -2.37. The Morgan fingerprint density at radius 3 is 2.95 bits per heavy atom. The van der Waals surface area contributed by atoms with Crippen LogP contribution < -0.4 is 10.2 Å². The fourth-order valence-electron chi connectivity index (χ4n) is 2.51. The van der Waals surface area contributed by atoms with Crippen molar-refractivity contribution >= 4 is 21.6 Å². The van der Waals surface area contributed by atoms with Crippen LogP contribution in [-0.2, 0) is 6.54 Å². The second-order valence-electron chi connectivity index (χ2n) is 5.33. The summed E-state index contributed by atoms with van der Waals surface area (Å²) in [4.78, 5) is 2.31. The number of rotatable bonds is 4. The van der Waals surface area contributed by atoms with Crippen molar-refractivity contribution in [3.05, 3.63) is 28.2 Å². The summed E-state index contributed by atoms with van der Waals surface area (Å²) >= 11 is 3.55. The summed E-state index contributed by atoms with van der Waals surface area (Å²) in [5.74, 6) is 0.403. The molecule has 0 aromatic heterocycles. The van der Waals surface area contributed by atoms with Gasteiger partial charge in [-0.3, -0.25) is 0 Å². The Morgan fingerprint density at radius 2 is 2.26 bits per heavy atom. The lowest BCUT2D eigenvalue weighted by atomic mass is 9.95. The van der Waals surface area contributed by atoms with E-state index in [-0.39, 0.29) is 6.10 Å². The van der Waals surface area contributed by atoms with E-state index >= 15 is 0 Å². The van der Waals surface area contributed by atoms with Gasteiger partial charge in [0.05, 0.1) is 6.10 Å². The van der Waals surface area contributed by atoms with Gasteiger partial charge in [-0.1, -0.05) is 35.8 Å². The Morgan fingerprint density at radius 1 is 1.47 bits per heavy atom. The third-order valence-electron chi connectivity index (χ3n) is 3.87. The Labute approximate surface area is 124 Å². The van der Waals surface area contributed by atoms with E-state index in [1.165, 1.54) is 11.3 Å². The van der Waals surface area contributed by atoms with Crippen LogP contribution in [0.15, 0.2) is 22.7 Å². The molecule has 2 rings (SSSR count). The summed E-state index contributed by atoms with van der Waals surface area (Å²) in [7, 11) is 0. The van der Waals surface area contributed by atoms with Crippen LogP contribution in [0.1, 0.15) is 25.8 Å². The summed E-state index contributed by atoms with van der Waals surface area (Å²) in [6, 6.07) is 6.40. The first-order valence-corrected chi connectivity index (χ1v) is 7.83. The molecule has 1 aromatic carbocycles. The first-order chi connectivity index (χ1) is 9.11. The lowest BCUT2D eigenvalue weighted by molar-refractivity contribution is 0.103. The molecule has 0 spiro atoms. The van der Waals surface area contributed by atoms with Gasteiger partial charge in [-0.25, -0.2) is 0 Å². The van der Waals surface area contributed by atoms with E-state index in [9.17, 15) is 5.11 Å². The maximum atomic E-state index is 10.1. The van der Waals surface area contributed by atoms with Gasteiger partial charge < -0.3 is 15.3 Å². The van der Waals surface area contributed by atoms with Gasteiger partial charge in [-0.05, 0) is 36.6 Å². The van der Waals surface area contributed by atoms with Crippen LogP contribution in [-0.4, -0.2) is 30.8 Å². The highest BCUT2D eigenvalue weighted by Gasteiger charge is 2.25. The first-order valence-electron chi connectivity index (χ1n) is 7.04. The highest BCUT2D eigenvalue weighted by Crippen LogP contribution is 2.29. The number of piperidine rings is 1. The summed E-state index contributed by atoms with van der Waals surface area (Å²) in [6.45, 7) is 7.84. The lowest BCUT2D eigenvalue weighted by Crippen LogP contribution is -2.43. The first kappa shape index (κ1) is 14.8. The summed E-state index contributed by atoms with van der Waals surface area (Å²) in [5, 5.41) is 13.5. The van der Waals surface area contributed by atoms with E-state index in [4.69, 9.17) is 0 Å². The third kappa shape index (κ3) is 3.71. The standard InChI is InChI=1S/C15H23BrN2O/c1-3-17-9-12-4-5-13(16)8-14(12)18-7-6-11(2)15(19)10-18/h4-5,8,11,15,17,19H,3,6-7,9-10H2,1-2H3. The molecule has 0 saturated carbocycles. The largest absolute Gasteiger partial charge is 0.391 e. The Hall–Kier alpha value is -0.580. The van der Waals surface area contributed by atoms with E-state index in [0.717, 1.165) is 37.1 Å². The van der Waals surface area contributed by atoms with E-state index in [2.05, 4.69) is 58.2 Å². The number of aliphatic hydroxyl groups is 1. The monoisotopic (exact) mass is 326 g/mol. The number of benzene rings is 1. The van der Waals surface area contributed by atoms with E-state index in [1.54, 1.807) is 0 Å². The molecule has 1 fully saturated rings. The van der Waals surface area contributed by atoms with Crippen molar-refractivity contribution in [2.45, 2.75) is 32.9 Å². The van der Waals surface area contributed by atoms with Gasteiger partial charge in [0.2, 0.25) is 0 Å². The maximum Gasteiger partial charge on any atom is 0.0741 e. The number of hydrogen-bond acceptors (Lipinski definition) is 3. The van der Waals surface area contributed by atoms with Gasteiger partial charge >= 0.3 is 0 Å². The normalized spacial score (nSPS) is 23.7. The average molecular weight is 327 g/mol. The molecule has 0 radical (unpaired) electrons. The predicted octanol–water partition coefficient (Wildman–Crippen LogP) is 2.77. The van der Waals surface area contributed by atoms with Crippen LogP contribution in [0.25, 0.3) is 0 Å². The van der Waals surface area contributed by atoms with Crippen molar-refractivity contribution < 1.29 is 5.11 Å². The molecule has 0 amide bonds. The van der Waals surface area contributed by atoms with Crippen LogP contribution in [0.5, 0.6) is 0 Å². The van der Waals surface area contributed by atoms with Gasteiger partial charge in [0, 0.05) is 29.8 Å². The zero-order valence-corrected chi connectivity index (χ0v) is 13.3. The fourth-order valence-corrected chi connectivity index (χ4v) is 2.86. The van der Waals surface area contributed by atoms with Crippen molar-refractivity contribution in [3.63, 3.8) is 0 Å². The maximum absolute atomic E-state index is 10.1. The zero-order chi connectivity index (χ0) is 13.8. The molecular weight excluding hydrogens is 304 g/mol. The molecule has 0 bridgehead atoms. The van der Waals surface area contributed by atoms with Gasteiger partial charge in [0.15, 0.2) is 0 Å². The molecule has 1 heterocycles.